The van der Waals surface area contributed by atoms with Crippen LogP contribution in [0.3, 0.4) is 0 Å². The maximum Gasteiger partial charge on any atom is 0.239 e. The van der Waals surface area contributed by atoms with Crippen molar-refractivity contribution in [2.75, 3.05) is 17.6 Å². The number of nitrogen functional groups attached to an aromatic ring is 1. The first-order chi connectivity index (χ1) is 8.19. The molecule has 1 fully saturated rings. The number of nitrogens with one attached hydrogen (secondary N) is 2. The molecular formula is C12H14N4O. The average Bonchev–Trinajstić information content (AvgIpc) is 3.11. The van der Waals surface area contributed by atoms with E-state index < -0.39 is 0 Å². The monoisotopic (exact) mass is 230 g/mol. The van der Waals surface area contributed by atoms with Crippen LogP contribution in [0.15, 0.2) is 18.2 Å². The van der Waals surface area contributed by atoms with Crippen molar-refractivity contribution < 1.29 is 4.79 Å². The molecule has 0 atom stereocenters. The van der Waals surface area contributed by atoms with Gasteiger partial charge in [-0.25, -0.2) is 0 Å². The lowest BCUT2D eigenvalue weighted by Crippen LogP contribution is -2.31. The van der Waals surface area contributed by atoms with Gasteiger partial charge in [-0.3, -0.25) is 4.79 Å². The van der Waals surface area contributed by atoms with Gasteiger partial charge in [0.15, 0.2) is 0 Å². The summed E-state index contributed by atoms with van der Waals surface area (Å²) in [5.74, 6) is -0.0312. The van der Waals surface area contributed by atoms with Crippen LogP contribution in [-0.2, 0) is 4.79 Å². The summed E-state index contributed by atoms with van der Waals surface area (Å²) in [7, 11) is 0. The number of nitrogens with zero attached hydrogens (tertiary/aromatic N) is 1. The molecule has 0 radical (unpaired) electrons. The molecule has 1 aliphatic rings. The zero-order valence-corrected chi connectivity index (χ0v) is 9.36. The Morgan fingerprint density at radius 1 is 1.53 bits per heavy atom. The third-order valence-corrected chi connectivity index (χ3v) is 2.56. The van der Waals surface area contributed by atoms with Gasteiger partial charge in [0.2, 0.25) is 5.91 Å². The molecule has 88 valence electrons. The summed E-state index contributed by atoms with van der Waals surface area (Å²) in [6.07, 6.45) is 2.15. The molecule has 0 aliphatic heterocycles. The van der Waals surface area contributed by atoms with E-state index in [4.69, 9.17) is 11.0 Å². The fraction of sp³-hybridized carbons (Fsp3) is 0.333. The highest BCUT2D eigenvalue weighted by molar-refractivity contribution is 5.82. The minimum absolute atomic E-state index is 0.0312. The fourth-order valence-electron chi connectivity index (χ4n) is 1.48. The molecule has 0 aromatic heterocycles. The van der Waals surface area contributed by atoms with E-state index >= 15 is 0 Å². The first-order valence-corrected chi connectivity index (χ1v) is 5.52. The Bertz CT molecular complexity index is 474. The SMILES string of the molecule is N#Cc1ccc(NCC(=O)NC2CC2)c(N)c1. The van der Waals surface area contributed by atoms with E-state index in [1.165, 1.54) is 0 Å². The van der Waals surface area contributed by atoms with Gasteiger partial charge in [-0.2, -0.15) is 5.26 Å². The quantitative estimate of drug-likeness (QED) is 0.668. The highest BCUT2D eigenvalue weighted by Gasteiger charge is 2.22. The summed E-state index contributed by atoms with van der Waals surface area (Å²) in [6, 6.07) is 7.33. The predicted molar refractivity (Wildman–Crippen MR) is 65.2 cm³/mol. The highest BCUT2D eigenvalue weighted by atomic mass is 16.2. The van der Waals surface area contributed by atoms with Crippen molar-refractivity contribution in [3.05, 3.63) is 23.8 Å². The van der Waals surface area contributed by atoms with Crippen LogP contribution < -0.4 is 16.4 Å². The lowest BCUT2D eigenvalue weighted by Gasteiger charge is -2.09. The largest absolute Gasteiger partial charge is 0.397 e. The molecule has 2 rings (SSSR count). The molecule has 1 aromatic rings. The van der Waals surface area contributed by atoms with Crippen LogP contribution in [0, 0.1) is 11.3 Å². The van der Waals surface area contributed by atoms with Gasteiger partial charge in [0.25, 0.3) is 0 Å². The second-order valence-electron chi connectivity index (χ2n) is 4.11. The highest BCUT2D eigenvalue weighted by Crippen LogP contribution is 2.20. The van der Waals surface area contributed by atoms with Crippen molar-refractivity contribution in [1.29, 1.82) is 5.26 Å². The van der Waals surface area contributed by atoms with E-state index in [-0.39, 0.29) is 12.5 Å². The Labute approximate surface area is 99.6 Å². The molecule has 0 saturated heterocycles. The number of carbonyl (C=O) groups excluding carboxylic acids is 1. The molecule has 4 N–H and O–H groups in total. The summed E-state index contributed by atoms with van der Waals surface area (Å²) < 4.78 is 0. The zero-order valence-electron chi connectivity index (χ0n) is 9.36. The van der Waals surface area contributed by atoms with Crippen LogP contribution in [0.5, 0.6) is 0 Å². The van der Waals surface area contributed by atoms with Gasteiger partial charge < -0.3 is 16.4 Å². The van der Waals surface area contributed by atoms with E-state index in [9.17, 15) is 4.79 Å². The Morgan fingerprint density at radius 2 is 2.29 bits per heavy atom. The minimum atomic E-state index is -0.0312. The molecule has 1 saturated carbocycles. The average molecular weight is 230 g/mol. The van der Waals surface area contributed by atoms with Crippen LogP contribution in [0.25, 0.3) is 0 Å². The summed E-state index contributed by atoms with van der Waals surface area (Å²) in [5, 5.41) is 14.5. The van der Waals surface area contributed by atoms with Gasteiger partial charge in [0.05, 0.1) is 29.6 Å². The first kappa shape index (κ1) is 11.3. The Kier molecular flexibility index (Phi) is 3.15. The molecule has 0 spiro atoms. The topological polar surface area (TPSA) is 90.9 Å². The lowest BCUT2D eigenvalue weighted by molar-refractivity contribution is -0.119. The maximum atomic E-state index is 11.4. The van der Waals surface area contributed by atoms with Crippen LogP contribution in [0.4, 0.5) is 11.4 Å². The normalized spacial score (nSPS) is 13.8. The number of nitriles is 1. The summed E-state index contributed by atoms with van der Waals surface area (Å²) >= 11 is 0. The summed E-state index contributed by atoms with van der Waals surface area (Å²) in [6.45, 7) is 0.201. The predicted octanol–water partition coefficient (Wildman–Crippen LogP) is 0.831. The first-order valence-electron chi connectivity index (χ1n) is 5.52. The number of anilines is 2. The summed E-state index contributed by atoms with van der Waals surface area (Å²) in [5.41, 5.74) is 7.41. The smallest absolute Gasteiger partial charge is 0.239 e. The van der Waals surface area contributed by atoms with Gasteiger partial charge in [0.1, 0.15) is 0 Å². The standard InChI is InChI=1S/C12H14N4O/c13-6-8-1-4-11(10(14)5-8)15-7-12(17)16-9-2-3-9/h1,4-5,9,15H,2-3,7,14H2,(H,16,17). The molecule has 5 heteroatoms. The third-order valence-electron chi connectivity index (χ3n) is 2.56. The van der Waals surface area contributed by atoms with Gasteiger partial charge in [-0.15, -0.1) is 0 Å². The molecule has 1 amide bonds. The molecule has 1 aliphatic carbocycles. The van der Waals surface area contributed by atoms with E-state index in [0.717, 1.165) is 12.8 Å². The minimum Gasteiger partial charge on any atom is -0.397 e. The van der Waals surface area contributed by atoms with Gasteiger partial charge in [-0.1, -0.05) is 0 Å². The van der Waals surface area contributed by atoms with E-state index in [1.54, 1.807) is 18.2 Å². The van der Waals surface area contributed by atoms with Gasteiger partial charge in [0, 0.05) is 6.04 Å². The van der Waals surface area contributed by atoms with E-state index in [2.05, 4.69) is 10.6 Å². The molecule has 5 nitrogen and oxygen atoms in total. The number of hydrogen-bond acceptors (Lipinski definition) is 4. The number of amides is 1. The number of carbonyl (C=O) groups is 1. The molecular weight excluding hydrogens is 216 g/mol. The van der Waals surface area contributed by atoms with Crippen LogP contribution in [0.1, 0.15) is 18.4 Å². The molecule has 0 unspecified atom stereocenters. The van der Waals surface area contributed by atoms with Crippen molar-refractivity contribution in [3.8, 4) is 6.07 Å². The third kappa shape index (κ3) is 3.11. The van der Waals surface area contributed by atoms with Gasteiger partial charge in [-0.05, 0) is 31.0 Å². The Hall–Kier alpha value is -2.22. The second kappa shape index (κ2) is 4.74. The van der Waals surface area contributed by atoms with Crippen molar-refractivity contribution >= 4 is 17.3 Å². The van der Waals surface area contributed by atoms with Crippen molar-refractivity contribution in [3.63, 3.8) is 0 Å². The second-order valence-corrected chi connectivity index (χ2v) is 4.11. The number of rotatable bonds is 4. The van der Waals surface area contributed by atoms with Crippen molar-refractivity contribution in [2.24, 2.45) is 0 Å². The van der Waals surface area contributed by atoms with Crippen LogP contribution in [0.2, 0.25) is 0 Å². The number of benzene rings is 1. The van der Waals surface area contributed by atoms with Crippen LogP contribution in [-0.4, -0.2) is 18.5 Å². The van der Waals surface area contributed by atoms with E-state index in [1.807, 2.05) is 6.07 Å². The Balaban J connectivity index is 1.89. The van der Waals surface area contributed by atoms with Crippen molar-refractivity contribution in [2.45, 2.75) is 18.9 Å². The number of nitrogens with two attached hydrogens (primary N) is 1. The fourth-order valence-corrected chi connectivity index (χ4v) is 1.48. The number of hydrogen-bond donors (Lipinski definition) is 3. The van der Waals surface area contributed by atoms with Crippen LogP contribution >= 0.6 is 0 Å². The van der Waals surface area contributed by atoms with E-state index in [0.29, 0.717) is 23.0 Å². The molecule has 1 aromatic carbocycles. The maximum absolute atomic E-state index is 11.4. The van der Waals surface area contributed by atoms with Crippen molar-refractivity contribution in [1.82, 2.24) is 5.32 Å². The molecule has 0 bridgehead atoms. The molecule has 17 heavy (non-hydrogen) atoms. The lowest BCUT2D eigenvalue weighted by atomic mass is 10.2. The summed E-state index contributed by atoms with van der Waals surface area (Å²) in [4.78, 5) is 11.4. The Morgan fingerprint density at radius 3 is 2.88 bits per heavy atom. The molecule has 0 heterocycles. The van der Waals surface area contributed by atoms with Gasteiger partial charge >= 0.3 is 0 Å². The zero-order chi connectivity index (χ0) is 12.3.